The number of anilines is 1. The smallest absolute Gasteiger partial charge is 0.265 e. The molecule has 7 nitrogen and oxygen atoms in total. The van der Waals surface area contributed by atoms with E-state index in [-0.39, 0.29) is 6.04 Å². The van der Waals surface area contributed by atoms with Crippen LogP contribution in [0.4, 0.5) is 5.95 Å². The van der Waals surface area contributed by atoms with Crippen LogP contribution in [0.1, 0.15) is 36.3 Å². The summed E-state index contributed by atoms with van der Waals surface area (Å²) in [4.78, 5) is 8.55. The van der Waals surface area contributed by atoms with Crippen LogP contribution in [0.25, 0.3) is 0 Å². The van der Waals surface area contributed by atoms with Gasteiger partial charge >= 0.3 is 0 Å². The minimum absolute atomic E-state index is 0.264. The van der Waals surface area contributed by atoms with Crippen molar-refractivity contribution in [2.45, 2.75) is 32.0 Å². The van der Waals surface area contributed by atoms with E-state index in [1.54, 1.807) is 7.11 Å². The molecule has 3 heterocycles. The molecule has 1 saturated heterocycles. The minimum Gasteiger partial charge on any atom is -0.462 e. The van der Waals surface area contributed by atoms with Crippen LogP contribution < -0.4 is 4.90 Å². The van der Waals surface area contributed by atoms with Crippen LogP contribution in [0.5, 0.6) is 0 Å². The number of rotatable bonds is 6. The Labute approximate surface area is 129 Å². The molecule has 2 aromatic rings. The van der Waals surface area contributed by atoms with Gasteiger partial charge in [-0.15, -0.1) is 0 Å². The topological polar surface area (TPSA) is 67.8 Å². The number of ether oxygens (including phenoxy) is 1. The second kappa shape index (κ2) is 6.50. The molecule has 1 aliphatic rings. The average molecular weight is 306 g/mol. The van der Waals surface area contributed by atoms with Crippen LogP contribution in [-0.4, -0.2) is 42.8 Å². The summed E-state index contributed by atoms with van der Waals surface area (Å²) in [6, 6.07) is 4.28. The molecule has 2 aromatic heterocycles. The van der Waals surface area contributed by atoms with Gasteiger partial charge in [-0.1, -0.05) is 0 Å². The van der Waals surface area contributed by atoms with Gasteiger partial charge in [-0.2, -0.15) is 4.98 Å². The van der Waals surface area contributed by atoms with E-state index in [0.717, 1.165) is 30.9 Å². The Bertz CT molecular complexity index is 607. The van der Waals surface area contributed by atoms with Gasteiger partial charge in [-0.05, 0) is 36.7 Å². The number of hydrogen-bond donors (Lipinski definition) is 0. The van der Waals surface area contributed by atoms with Gasteiger partial charge in [0.2, 0.25) is 5.89 Å². The normalized spacial score (nSPS) is 19.0. The minimum atomic E-state index is 0.264. The maximum atomic E-state index is 5.88. The predicted octanol–water partition coefficient (Wildman–Crippen LogP) is 2.21. The van der Waals surface area contributed by atoms with E-state index >= 15 is 0 Å². The van der Waals surface area contributed by atoms with Gasteiger partial charge in [0, 0.05) is 21.2 Å². The van der Waals surface area contributed by atoms with Gasteiger partial charge in [0.15, 0.2) is 0 Å². The van der Waals surface area contributed by atoms with Gasteiger partial charge in [0.25, 0.3) is 5.95 Å². The van der Waals surface area contributed by atoms with Crippen molar-refractivity contribution in [3.8, 4) is 0 Å². The SMILES string of the molecule is COCc1ccc(C2CCCN2Cc2nc(N(C)C)no2)o1. The fourth-order valence-corrected chi connectivity index (χ4v) is 2.80. The van der Waals surface area contributed by atoms with Crippen molar-refractivity contribution in [2.24, 2.45) is 0 Å². The van der Waals surface area contributed by atoms with Crippen molar-refractivity contribution in [3.05, 3.63) is 29.5 Å². The number of aromatic nitrogens is 2. The Hall–Kier alpha value is -1.86. The molecule has 0 bridgehead atoms. The van der Waals surface area contributed by atoms with E-state index in [1.165, 1.54) is 0 Å². The lowest BCUT2D eigenvalue weighted by molar-refractivity contribution is 0.152. The highest BCUT2D eigenvalue weighted by Gasteiger charge is 2.30. The monoisotopic (exact) mass is 306 g/mol. The number of hydrogen-bond acceptors (Lipinski definition) is 7. The molecule has 0 aliphatic carbocycles. The Morgan fingerprint density at radius 1 is 1.41 bits per heavy atom. The fraction of sp³-hybridized carbons (Fsp3) is 0.600. The number of furan rings is 1. The van der Waals surface area contributed by atoms with E-state index in [9.17, 15) is 0 Å². The van der Waals surface area contributed by atoms with Crippen molar-refractivity contribution < 1.29 is 13.7 Å². The maximum Gasteiger partial charge on any atom is 0.265 e. The number of nitrogens with zero attached hydrogens (tertiary/aromatic N) is 4. The van der Waals surface area contributed by atoms with Crippen LogP contribution in [-0.2, 0) is 17.9 Å². The van der Waals surface area contributed by atoms with Crippen molar-refractivity contribution in [1.82, 2.24) is 15.0 Å². The van der Waals surface area contributed by atoms with Crippen molar-refractivity contribution in [1.29, 1.82) is 0 Å². The molecule has 1 fully saturated rings. The lowest BCUT2D eigenvalue weighted by Gasteiger charge is -2.20. The fourth-order valence-electron chi connectivity index (χ4n) is 2.80. The lowest BCUT2D eigenvalue weighted by Crippen LogP contribution is -2.22. The summed E-state index contributed by atoms with van der Waals surface area (Å²) in [7, 11) is 5.46. The molecule has 22 heavy (non-hydrogen) atoms. The highest BCUT2D eigenvalue weighted by molar-refractivity contribution is 5.23. The zero-order valence-corrected chi connectivity index (χ0v) is 13.3. The Morgan fingerprint density at radius 2 is 2.27 bits per heavy atom. The summed E-state index contributed by atoms with van der Waals surface area (Å²) in [6.07, 6.45) is 2.22. The Balaban J connectivity index is 1.69. The first-order valence-electron chi connectivity index (χ1n) is 7.49. The summed E-state index contributed by atoms with van der Waals surface area (Å²) >= 11 is 0. The maximum absolute atomic E-state index is 5.88. The molecule has 0 aromatic carbocycles. The van der Waals surface area contributed by atoms with E-state index < -0.39 is 0 Å². The summed E-state index contributed by atoms with van der Waals surface area (Å²) in [6.45, 7) is 2.15. The van der Waals surface area contributed by atoms with Gasteiger partial charge in [0.1, 0.15) is 18.1 Å². The molecule has 120 valence electrons. The Morgan fingerprint density at radius 3 is 3.00 bits per heavy atom. The molecule has 0 saturated carbocycles. The number of methoxy groups -OCH3 is 1. The third kappa shape index (κ3) is 3.15. The molecular formula is C15H22N4O3. The lowest BCUT2D eigenvalue weighted by atomic mass is 10.1. The van der Waals surface area contributed by atoms with Crippen LogP contribution >= 0.6 is 0 Å². The molecule has 0 radical (unpaired) electrons. The highest BCUT2D eigenvalue weighted by Crippen LogP contribution is 2.34. The zero-order chi connectivity index (χ0) is 15.5. The first kappa shape index (κ1) is 15.1. The summed E-state index contributed by atoms with van der Waals surface area (Å²) in [5, 5.41) is 3.96. The van der Waals surface area contributed by atoms with Crippen molar-refractivity contribution in [3.63, 3.8) is 0 Å². The molecule has 7 heteroatoms. The molecule has 1 atom stereocenters. The molecule has 0 N–H and O–H groups in total. The molecular weight excluding hydrogens is 284 g/mol. The van der Waals surface area contributed by atoms with E-state index in [0.29, 0.717) is 25.0 Å². The molecule has 0 spiro atoms. The van der Waals surface area contributed by atoms with Crippen LogP contribution in [0.2, 0.25) is 0 Å². The number of likely N-dealkylation sites (tertiary alicyclic amines) is 1. The Kier molecular flexibility index (Phi) is 4.44. The molecule has 1 unspecified atom stereocenters. The predicted molar refractivity (Wildman–Crippen MR) is 80.4 cm³/mol. The van der Waals surface area contributed by atoms with Crippen molar-refractivity contribution in [2.75, 3.05) is 32.6 Å². The summed E-state index contributed by atoms with van der Waals surface area (Å²) < 4.78 is 16.3. The average Bonchev–Trinajstić information content (AvgIpc) is 3.19. The largest absolute Gasteiger partial charge is 0.462 e. The van der Waals surface area contributed by atoms with Gasteiger partial charge in [0.05, 0.1) is 12.6 Å². The standard InChI is InChI=1S/C15H22N4O3/c1-18(2)15-16-14(22-17-15)9-19-8-4-5-12(19)13-7-6-11(21-13)10-20-3/h6-7,12H,4-5,8-10H2,1-3H3. The van der Waals surface area contributed by atoms with Crippen LogP contribution in [0, 0.1) is 0 Å². The van der Waals surface area contributed by atoms with Gasteiger partial charge in [-0.3, -0.25) is 4.90 Å². The third-order valence-electron chi connectivity index (χ3n) is 3.86. The van der Waals surface area contributed by atoms with Gasteiger partial charge in [-0.25, -0.2) is 0 Å². The summed E-state index contributed by atoms with van der Waals surface area (Å²) in [5.41, 5.74) is 0. The third-order valence-corrected chi connectivity index (χ3v) is 3.86. The zero-order valence-electron chi connectivity index (χ0n) is 13.3. The second-order valence-corrected chi connectivity index (χ2v) is 5.75. The molecule has 3 rings (SSSR count). The highest BCUT2D eigenvalue weighted by atomic mass is 16.5. The summed E-state index contributed by atoms with van der Waals surface area (Å²) in [5.74, 6) is 3.08. The second-order valence-electron chi connectivity index (χ2n) is 5.75. The van der Waals surface area contributed by atoms with Gasteiger partial charge < -0.3 is 18.6 Å². The van der Waals surface area contributed by atoms with E-state index in [1.807, 2.05) is 31.1 Å². The first-order chi connectivity index (χ1) is 10.7. The molecule has 1 aliphatic heterocycles. The van der Waals surface area contributed by atoms with Crippen molar-refractivity contribution >= 4 is 5.95 Å². The quantitative estimate of drug-likeness (QED) is 0.810. The molecule has 0 amide bonds. The van der Waals surface area contributed by atoms with E-state index in [2.05, 4.69) is 15.0 Å². The first-order valence-corrected chi connectivity index (χ1v) is 7.49. The van der Waals surface area contributed by atoms with E-state index in [4.69, 9.17) is 13.7 Å². The van der Waals surface area contributed by atoms with Crippen LogP contribution in [0.15, 0.2) is 21.1 Å². The van der Waals surface area contributed by atoms with Crippen LogP contribution in [0.3, 0.4) is 0 Å².